The van der Waals surface area contributed by atoms with Crippen LogP contribution in [0.2, 0.25) is 0 Å². The van der Waals surface area contributed by atoms with E-state index in [1.54, 1.807) is 57.2 Å². The highest BCUT2D eigenvalue weighted by Gasteiger charge is 2.24. The van der Waals surface area contributed by atoms with E-state index in [4.69, 9.17) is 13.3 Å². The molecule has 2 aromatic rings. The second-order valence-electron chi connectivity index (χ2n) is 7.41. The van der Waals surface area contributed by atoms with Crippen LogP contribution in [0, 0.1) is 5.92 Å². The molecule has 0 spiro atoms. The molecular formula is C20H26O6S. The molecule has 148 valence electrons. The van der Waals surface area contributed by atoms with Crippen molar-refractivity contribution in [2.45, 2.75) is 45.0 Å². The zero-order chi connectivity index (χ0) is 19.9. The van der Waals surface area contributed by atoms with Crippen LogP contribution >= 0.6 is 0 Å². The van der Waals surface area contributed by atoms with Crippen LogP contribution in [-0.2, 0) is 36.0 Å². The Morgan fingerprint density at radius 3 is 2.41 bits per heavy atom. The molecule has 1 unspecified atom stereocenters. The highest BCUT2D eigenvalue weighted by atomic mass is 32.2. The van der Waals surface area contributed by atoms with Crippen LogP contribution in [-0.4, -0.2) is 26.6 Å². The lowest BCUT2D eigenvalue weighted by molar-refractivity contribution is -0.156. The van der Waals surface area contributed by atoms with Crippen molar-refractivity contribution >= 4 is 16.1 Å². The number of hydrogen-bond acceptors (Lipinski definition) is 6. The molecule has 1 aromatic heterocycles. The second-order valence-corrected chi connectivity index (χ2v) is 9.05. The van der Waals surface area contributed by atoms with Gasteiger partial charge in [-0.25, -0.2) is 0 Å². The molecule has 1 atom stereocenters. The van der Waals surface area contributed by atoms with E-state index in [9.17, 15) is 13.2 Å². The van der Waals surface area contributed by atoms with E-state index in [0.717, 1.165) is 0 Å². The summed E-state index contributed by atoms with van der Waals surface area (Å²) in [5.41, 5.74) is 0.0410. The molecule has 0 fully saturated rings. The minimum Gasteiger partial charge on any atom is -0.469 e. The molecule has 0 amide bonds. The molecule has 6 nitrogen and oxygen atoms in total. The maximum Gasteiger partial charge on any atom is 0.306 e. The SMILES string of the molecule is CC(C)(C)OC(=O)CC(COS(=O)(=O)Cc1ccccc1)Cc1ccco1. The van der Waals surface area contributed by atoms with Crippen molar-refractivity contribution in [3.05, 3.63) is 60.1 Å². The molecule has 0 radical (unpaired) electrons. The van der Waals surface area contributed by atoms with Crippen LogP contribution in [0.15, 0.2) is 53.1 Å². The summed E-state index contributed by atoms with van der Waals surface area (Å²) in [5.74, 6) is -0.333. The molecule has 0 saturated heterocycles. The molecule has 0 saturated carbocycles. The summed E-state index contributed by atoms with van der Waals surface area (Å²) in [5, 5.41) is 0. The summed E-state index contributed by atoms with van der Waals surface area (Å²) >= 11 is 0. The smallest absolute Gasteiger partial charge is 0.306 e. The number of benzene rings is 1. The molecule has 1 aromatic carbocycles. The van der Waals surface area contributed by atoms with Crippen LogP contribution in [0.25, 0.3) is 0 Å². The van der Waals surface area contributed by atoms with Gasteiger partial charge in [0.15, 0.2) is 0 Å². The molecule has 2 rings (SSSR count). The van der Waals surface area contributed by atoms with Gasteiger partial charge in [-0.2, -0.15) is 8.42 Å². The maximum atomic E-state index is 12.3. The van der Waals surface area contributed by atoms with Gasteiger partial charge in [0, 0.05) is 12.3 Å². The van der Waals surface area contributed by atoms with Gasteiger partial charge in [-0.1, -0.05) is 30.3 Å². The predicted octanol–water partition coefficient (Wildman–Crippen LogP) is 3.72. The lowest BCUT2D eigenvalue weighted by Gasteiger charge is -2.22. The summed E-state index contributed by atoms with van der Waals surface area (Å²) in [6.45, 7) is 5.24. The van der Waals surface area contributed by atoms with Crippen molar-refractivity contribution in [3.8, 4) is 0 Å². The first-order valence-corrected chi connectivity index (χ1v) is 10.4. The van der Waals surface area contributed by atoms with Crippen molar-refractivity contribution in [2.75, 3.05) is 6.61 Å². The predicted molar refractivity (Wildman–Crippen MR) is 101 cm³/mol. The Bertz CT molecular complexity index is 804. The molecule has 0 bridgehead atoms. The number of furan rings is 1. The van der Waals surface area contributed by atoms with E-state index in [1.165, 1.54) is 6.26 Å². The van der Waals surface area contributed by atoms with E-state index >= 15 is 0 Å². The summed E-state index contributed by atoms with van der Waals surface area (Å²) < 4.78 is 40.4. The minimum absolute atomic E-state index is 0.0405. The third-order valence-corrected chi connectivity index (χ3v) is 4.80. The monoisotopic (exact) mass is 394 g/mol. The lowest BCUT2D eigenvalue weighted by atomic mass is 10.0. The molecule has 0 aliphatic carbocycles. The minimum atomic E-state index is -3.76. The zero-order valence-corrected chi connectivity index (χ0v) is 16.7. The molecule has 0 aliphatic heterocycles. The fourth-order valence-electron chi connectivity index (χ4n) is 2.54. The van der Waals surface area contributed by atoms with Crippen LogP contribution in [0.5, 0.6) is 0 Å². The third kappa shape index (κ3) is 8.41. The molecule has 0 aliphatic rings. The van der Waals surface area contributed by atoms with Gasteiger partial charge >= 0.3 is 5.97 Å². The number of ether oxygens (including phenoxy) is 1. The van der Waals surface area contributed by atoms with Gasteiger partial charge in [0.05, 0.1) is 19.3 Å². The van der Waals surface area contributed by atoms with E-state index < -0.39 is 21.7 Å². The summed E-state index contributed by atoms with van der Waals surface area (Å²) in [6, 6.07) is 12.3. The molecule has 7 heteroatoms. The van der Waals surface area contributed by atoms with Crippen LogP contribution in [0.1, 0.15) is 38.5 Å². The van der Waals surface area contributed by atoms with E-state index in [1.807, 2.05) is 6.07 Å². The largest absolute Gasteiger partial charge is 0.469 e. The van der Waals surface area contributed by atoms with Crippen molar-refractivity contribution in [3.63, 3.8) is 0 Å². The average Bonchev–Trinajstić information content (AvgIpc) is 3.04. The van der Waals surface area contributed by atoms with E-state index in [0.29, 0.717) is 17.7 Å². The van der Waals surface area contributed by atoms with Crippen molar-refractivity contribution in [2.24, 2.45) is 5.92 Å². The standard InChI is InChI=1S/C20H26O6S/c1-20(2,3)26-19(21)13-17(12-18-10-7-11-24-18)14-25-27(22,23)15-16-8-5-4-6-9-16/h4-11,17H,12-15H2,1-3H3. The normalized spacial score (nSPS) is 13.3. The van der Waals surface area contributed by atoms with Crippen molar-refractivity contribution in [1.29, 1.82) is 0 Å². The fraction of sp³-hybridized carbons (Fsp3) is 0.450. The van der Waals surface area contributed by atoms with Crippen LogP contribution < -0.4 is 0 Å². The fourth-order valence-corrected chi connectivity index (χ4v) is 3.63. The van der Waals surface area contributed by atoms with Gasteiger partial charge in [-0.15, -0.1) is 0 Å². The number of rotatable bonds is 9. The Morgan fingerprint density at radius 1 is 1.11 bits per heavy atom. The summed E-state index contributed by atoms with van der Waals surface area (Å²) in [4.78, 5) is 12.2. The first-order valence-electron chi connectivity index (χ1n) is 8.78. The highest BCUT2D eigenvalue weighted by Crippen LogP contribution is 2.19. The Morgan fingerprint density at radius 2 is 1.81 bits per heavy atom. The molecular weight excluding hydrogens is 368 g/mol. The van der Waals surface area contributed by atoms with Crippen LogP contribution in [0.4, 0.5) is 0 Å². The zero-order valence-electron chi connectivity index (χ0n) is 15.9. The average molecular weight is 394 g/mol. The Balaban J connectivity index is 1.99. The quantitative estimate of drug-likeness (QED) is 0.476. The molecule has 27 heavy (non-hydrogen) atoms. The maximum absolute atomic E-state index is 12.3. The third-order valence-electron chi connectivity index (χ3n) is 3.61. The number of carbonyl (C=O) groups is 1. The number of esters is 1. The van der Waals surface area contributed by atoms with Gasteiger partial charge in [-0.3, -0.25) is 8.98 Å². The van der Waals surface area contributed by atoms with Gasteiger partial charge in [0.2, 0.25) is 0 Å². The molecule has 0 N–H and O–H groups in total. The van der Waals surface area contributed by atoms with Gasteiger partial charge in [0.1, 0.15) is 17.1 Å². The first kappa shape index (κ1) is 21.2. The van der Waals surface area contributed by atoms with Crippen LogP contribution in [0.3, 0.4) is 0 Å². The number of carbonyl (C=O) groups excluding carboxylic acids is 1. The number of hydrogen-bond donors (Lipinski definition) is 0. The van der Waals surface area contributed by atoms with E-state index in [-0.39, 0.29) is 24.7 Å². The van der Waals surface area contributed by atoms with Gasteiger partial charge < -0.3 is 9.15 Å². The van der Waals surface area contributed by atoms with Crippen molar-refractivity contribution in [1.82, 2.24) is 0 Å². The van der Waals surface area contributed by atoms with Gasteiger partial charge in [-0.05, 0) is 38.5 Å². The second kappa shape index (κ2) is 9.19. The Labute approximate surface area is 160 Å². The first-order chi connectivity index (χ1) is 12.6. The van der Waals surface area contributed by atoms with Crippen molar-refractivity contribution < 1.29 is 26.5 Å². The topological polar surface area (TPSA) is 82.8 Å². The molecule has 1 heterocycles. The van der Waals surface area contributed by atoms with Gasteiger partial charge in [0.25, 0.3) is 10.1 Å². The Kier molecular flexibility index (Phi) is 7.21. The highest BCUT2D eigenvalue weighted by molar-refractivity contribution is 7.85. The summed E-state index contributed by atoms with van der Waals surface area (Å²) in [7, 11) is -3.76. The van der Waals surface area contributed by atoms with E-state index in [2.05, 4.69) is 0 Å². The summed E-state index contributed by atoms with van der Waals surface area (Å²) in [6.07, 6.45) is 1.96. The Hall–Kier alpha value is -2.12. The lowest BCUT2D eigenvalue weighted by Crippen LogP contribution is -2.27.